The van der Waals surface area contributed by atoms with E-state index >= 15 is 0 Å². The highest BCUT2D eigenvalue weighted by Crippen LogP contribution is 2.33. The highest BCUT2D eigenvalue weighted by molar-refractivity contribution is 7.14. The largest absolute Gasteiger partial charge is 0.433 e. The maximum absolute atomic E-state index is 13.2. The normalized spacial score (nSPS) is 18.8. The molecule has 0 saturated heterocycles. The van der Waals surface area contributed by atoms with Gasteiger partial charge in [-0.3, -0.25) is 4.79 Å². The second-order valence-electron chi connectivity index (χ2n) is 7.92. The van der Waals surface area contributed by atoms with Gasteiger partial charge in [0.25, 0.3) is 5.91 Å². The number of rotatable bonds is 5. The van der Waals surface area contributed by atoms with E-state index in [0.717, 1.165) is 31.7 Å². The summed E-state index contributed by atoms with van der Waals surface area (Å²) in [5, 5.41) is 15.8. The second kappa shape index (κ2) is 9.17. The van der Waals surface area contributed by atoms with Crippen LogP contribution in [0.3, 0.4) is 0 Å². The number of hydrogen-bond donors (Lipinski definition) is 2. The smallest absolute Gasteiger partial charge is 0.384 e. The zero-order valence-electron chi connectivity index (χ0n) is 17.1. The van der Waals surface area contributed by atoms with Crippen molar-refractivity contribution in [3.63, 3.8) is 0 Å². The topological polar surface area (TPSA) is 77.8 Å². The zero-order chi connectivity index (χ0) is 22.7. The predicted octanol–water partition coefficient (Wildman–Crippen LogP) is 5.59. The summed E-state index contributed by atoms with van der Waals surface area (Å²) in [6, 6.07) is 13.2. The number of benzene rings is 1. The van der Waals surface area contributed by atoms with Gasteiger partial charge in [-0.1, -0.05) is 18.2 Å². The lowest BCUT2D eigenvalue weighted by molar-refractivity contribution is -0.140. The molecule has 1 saturated carbocycles. The molecule has 0 radical (unpaired) electrons. The first-order valence-electron chi connectivity index (χ1n) is 10.3. The lowest BCUT2D eigenvalue weighted by Crippen LogP contribution is -2.38. The molecule has 32 heavy (non-hydrogen) atoms. The van der Waals surface area contributed by atoms with Crippen LogP contribution in [0.1, 0.15) is 45.9 Å². The van der Waals surface area contributed by atoms with Gasteiger partial charge >= 0.3 is 6.18 Å². The van der Waals surface area contributed by atoms with Gasteiger partial charge in [-0.05, 0) is 55.9 Å². The molecule has 0 bridgehead atoms. The van der Waals surface area contributed by atoms with E-state index in [9.17, 15) is 18.0 Å². The number of halogens is 3. The minimum atomic E-state index is -4.51. The predicted molar refractivity (Wildman–Crippen MR) is 117 cm³/mol. The fourth-order valence-corrected chi connectivity index (χ4v) is 4.71. The molecular formula is C23H21F3N4OS. The minimum Gasteiger partial charge on any atom is -0.384 e. The molecule has 166 valence electrons. The number of para-hydroxylation sites is 1. The van der Waals surface area contributed by atoms with Crippen molar-refractivity contribution in [3.05, 3.63) is 57.9 Å². The van der Waals surface area contributed by atoms with Gasteiger partial charge < -0.3 is 10.6 Å². The number of hydrogen-bond acceptors (Lipinski definition) is 5. The van der Waals surface area contributed by atoms with Crippen LogP contribution < -0.4 is 10.6 Å². The standard InChI is InChI=1S/C23H21F3N4OS/c24-23(25,26)21-11-19(17-3-1-2-4-18(17)30-21)28-13-14-5-7-15(8-6-14)29-22(31)20-10-9-16(12-27)32-20/h1-4,9-11,14-15H,5-8,13H2,(H,28,30)(H,29,31). The number of nitrogens with zero attached hydrogens (tertiary/aromatic N) is 2. The van der Waals surface area contributed by atoms with E-state index in [1.165, 1.54) is 11.3 Å². The first-order valence-corrected chi connectivity index (χ1v) is 11.2. The molecule has 0 aliphatic heterocycles. The molecule has 4 rings (SSSR count). The van der Waals surface area contributed by atoms with Gasteiger partial charge in [-0.2, -0.15) is 18.4 Å². The number of pyridine rings is 1. The average molecular weight is 459 g/mol. The van der Waals surface area contributed by atoms with E-state index < -0.39 is 11.9 Å². The summed E-state index contributed by atoms with van der Waals surface area (Å²) < 4.78 is 39.7. The number of aromatic nitrogens is 1. The third-order valence-corrected chi connectivity index (χ3v) is 6.70. The fourth-order valence-electron chi connectivity index (χ4n) is 4.01. The van der Waals surface area contributed by atoms with E-state index in [2.05, 4.69) is 15.6 Å². The van der Waals surface area contributed by atoms with Crippen molar-refractivity contribution in [3.8, 4) is 6.07 Å². The van der Waals surface area contributed by atoms with Gasteiger partial charge in [0.2, 0.25) is 0 Å². The number of anilines is 1. The van der Waals surface area contributed by atoms with Gasteiger partial charge in [0, 0.05) is 23.7 Å². The highest BCUT2D eigenvalue weighted by atomic mass is 32.1. The van der Waals surface area contributed by atoms with Crippen molar-refractivity contribution >= 4 is 33.8 Å². The van der Waals surface area contributed by atoms with Crippen molar-refractivity contribution in [1.29, 1.82) is 5.26 Å². The lowest BCUT2D eigenvalue weighted by atomic mass is 9.86. The SMILES string of the molecule is N#Cc1ccc(C(=O)NC2CCC(CNc3cc(C(F)(F)F)nc4ccccc34)CC2)s1. The maximum atomic E-state index is 13.2. The Balaban J connectivity index is 1.35. The lowest BCUT2D eigenvalue weighted by Gasteiger charge is -2.29. The Morgan fingerprint density at radius 3 is 2.59 bits per heavy atom. The molecule has 1 aliphatic rings. The summed E-state index contributed by atoms with van der Waals surface area (Å²) in [6.45, 7) is 0.558. The Hall–Kier alpha value is -3.12. The summed E-state index contributed by atoms with van der Waals surface area (Å²) in [4.78, 5) is 17.1. The first kappa shape index (κ1) is 22.1. The van der Waals surface area contributed by atoms with Gasteiger partial charge in [0.05, 0.1) is 10.4 Å². The fraction of sp³-hybridized carbons (Fsp3) is 0.348. The zero-order valence-corrected chi connectivity index (χ0v) is 17.9. The monoisotopic (exact) mass is 458 g/mol. The molecule has 3 aromatic rings. The van der Waals surface area contributed by atoms with Crippen molar-refractivity contribution in [2.75, 3.05) is 11.9 Å². The molecule has 1 aromatic carbocycles. The minimum absolute atomic E-state index is 0.0602. The Bertz CT molecular complexity index is 1160. The van der Waals surface area contributed by atoms with Crippen LogP contribution in [0.4, 0.5) is 18.9 Å². The number of alkyl halides is 3. The number of carbonyl (C=O) groups is 1. The molecule has 1 aliphatic carbocycles. The van der Waals surface area contributed by atoms with E-state index in [-0.39, 0.29) is 11.9 Å². The van der Waals surface area contributed by atoms with Crippen LogP contribution >= 0.6 is 11.3 Å². The quantitative estimate of drug-likeness (QED) is 0.523. The Morgan fingerprint density at radius 1 is 1.16 bits per heavy atom. The summed E-state index contributed by atoms with van der Waals surface area (Å²) in [6.07, 6.45) is -1.17. The Morgan fingerprint density at radius 2 is 1.91 bits per heavy atom. The van der Waals surface area contributed by atoms with Gasteiger partial charge in [-0.25, -0.2) is 4.98 Å². The number of nitrogens with one attached hydrogen (secondary N) is 2. The molecule has 1 fully saturated rings. The second-order valence-corrected chi connectivity index (χ2v) is 9.00. The van der Waals surface area contributed by atoms with E-state index in [4.69, 9.17) is 5.26 Å². The molecule has 2 aromatic heterocycles. The average Bonchev–Trinajstić information content (AvgIpc) is 3.27. The van der Waals surface area contributed by atoms with E-state index in [0.29, 0.717) is 38.8 Å². The summed E-state index contributed by atoms with van der Waals surface area (Å²) in [5.41, 5.74) is -0.160. The summed E-state index contributed by atoms with van der Waals surface area (Å²) >= 11 is 1.17. The van der Waals surface area contributed by atoms with Crippen molar-refractivity contribution in [1.82, 2.24) is 10.3 Å². The number of carbonyl (C=O) groups excluding carboxylic acids is 1. The van der Waals surface area contributed by atoms with Crippen LogP contribution in [0.15, 0.2) is 42.5 Å². The van der Waals surface area contributed by atoms with Crippen molar-refractivity contribution in [2.24, 2.45) is 5.92 Å². The molecule has 5 nitrogen and oxygen atoms in total. The van der Waals surface area contributed by atoms with Crippen LogP contribution in [0.2, 0.25) is 0 Å². The summed E-state index contributed by atoms with van der Waals surface area (Å²) in [7, 11) is 0. The van der Waals surface area contributed by atoms with E-state index in [1.54, 1.807) is 36.4 Å². The van der Waals surface area contributed by atoms with Gasteiger partial charge in [-0.15, -0.1) is 11.3 Å². The summed E-state index contributed by atoms with van der Waals surface area (Å²) in [5.74, 6) is 0.136. The van der Waals surface area contributed by atoms with Crippen LogP contribution in [0, 0.1) is 17.2 Å². The molecule has 2 N–H and O–H groups in total. The Labute approximate surface area is 187 Å². The third-order valence-electron chi connectivity index (χ3n) is 5.71. The third kappa shape index (κ3) is 5.02. The molecule has 0 spiro atoms. The maximum Gasteiger partial charge on any atom is 0.433 e. The van der Waals surface area contributed by atoms with Crippen LogP contribution in [0.25, 0.3) is 10.9 Å². The number of thiophene rings is 1. The molecule has 2 heterocycles. The number of fused-ring (bicyclic) bond motifs is 1. The highest BCUT2D eigenvalue weighted by Gasteiger charge is 2.33. The molecule has 9 heteroatoms. The molecule has 1 amide bonds. The Kier molecular flexibility index (Phi) is 6.33. The molecule has 0 unspecified atom stereocenters. The van der Waals surface area contributed by atoms with Crippen molar-refractivity contribution < 1.29 is 18.0 Å². The van der Waals surface area contributed by atoms with Crippen LogP contribution in [-0.4, -0.2) is 23.5 Å². The van der Waals surface area contributed by atoms with Gasteiger partial charge in [0.15, 0.2) is 0 Å². The first-order chi connectivity index (χ1) is 15.3. The number of nitriles is 1. The van der Waals surface area contributed by atoms with E-state index in [1.807, 2.05) is 6.07 Å². The molecule has 0 atom stereocenters. The van der Waals surface area contributed by atoms with Crippen LogP contribution in [0.5, 0.6) is 0 Å². The van der Waals surface area contributed by atoms with Gasteiger partial charge in [0.1, 0.15) is 16.6 Å². The van der Waals surface area contributed by atoms with Crippen molar-refractivity contribution in [2.45, 2.75) is 37.9 Å². The number of amides is 1. The molecular weight excluding hydrogens is 437 g/mol. The van der Waals surface area contributed by atoms with Crippen LogP contribution in [-0.2, 0) is 6.18 Å².